The highest BCUT2D eigenvalue weighted by Crippen LogP contribution is 2.23. The van der Waals surface area contributed by atoms with Gasteiger partial charge in [-0.25, -0.2) is 4.79 Å². The van der Waals surface area contributed by atoms with E-state index in [-0.39, 0.29) is 24.1 Å². The molecular formula is C21H31N3O3. The highest BCUT2D eigenvalue weighted by molar-refractivity contribution is 5.82. The van der Waals surface area contributed by atoms with Crippen molar-refractivity contribution < 1.29 is 14.3 Å². The molecule has 0 spiro atoms. The van der Waals surface area contributed by atoms with Gasteiger partial charge in [0.25, 0.3) is 0 Å². The molecule has 2 amide bonds. The standard InChI is InChI=1S/C21H31N3O3/c1-21(2,3)27-20(26)24-11-7-10-17(24)13-22-19(25)18-12-15-8-5-6-9-16(15)14-23(18)4/h5-6,8-9,17-18H,7,10-14H2,1-4H3,(H,22,25)/t17-,18?/m0/s1. The number of amides is 2. The fraction of sp³-hybridized carbons (Fsp3) is 0.619. The van der Waals surface area contributed by atoms with Gasteiger partial charge in [-0.3, -0.25) is 9.69 Å². The van der Waals surface area contributed by atoms with Crippen LogP contribution in [-0.4, -0.2) is 59.6 Å². The molecule has 1 N–H and O–H groups in total. The molecule has 6 nitrogen and oxygen atoms in total. The summed E-state index contributed by atoms with van der Waals surface area (Å²) in [6.45, 7) is 7.55. The Morgan fingerprint density at radius 3 is 2.63 bits per heavy atom. The Balaban J connectivity index is 1.56. The molecule has 2 atom stereocenters. The van der Waals surface area contributed by atoms with E-state index in [0.717, 1.165) is 25.8 Å². The minimum absolute atomic E-state index is 0.00461. The summed E-state index contributed by atoms with van der Waals surface area (Å²) >= 11 is 0. The molecule has 1 aromatic rings. The Labute approximate surface area is 161 Å². The molecular weight excluding hydrogens is 342 g/mol. The van der Waals surface area contributed by atoms with Crippen LogP contribution in [0.15, 0.2) is 24.3 Å². The van der Waals surface area contributed by atoms with E-state index in [4.69, 9.17) is 4.74 Å². The van der Waals surface area contributed by atoms with Gasteiger partial charge in [0.2, 0.25) is 5.91 Å². The van der Waals surface area contributed by atoms with E-state index in [1.807, 2.05) is 40.0 Å². The predicted octanol–water partition coefficient (Wildman–Crippen LogP) is 2.56. The van der Waals surface area contributed by atoms with Crippen LogP contribution in [0.3, 0.4) is 0 Å². The summed E-state index contributed by atoms with van der Waals surface area (Å²) in [4.78, 5) is 29.0. The molecule has 2 aliphatic heterocycles. The fourth-order valence-corrected chi connectivity index (χ4v) is 3.89. The molecule has 0 aromatic heterocycles. The first-order chi connectivity index (χ1) is 12.7. The van der Waals surface area contributed by atoms with Crippen molar-refractivity contribution in [1.82, 2.24) is 15.1 Å². The molecule has 1 aromatic carbocycles. The van der Waals surface area contributed by atoms with Crippen molar-refractivity contribution in [3.8, 4) is 0 Å². The third kappa shape index (κ3) is 4.80. The molecule has 0 radical (unpaired) electrons. The first-order valence-electron chi connectivity index (χ1n) is 9.79. The van der Waals surface area contributed by atoms with Crippen molar-refractivity contribution in [1.29, 1.82) is 0 Å². The van der Waals surface area contributed by atoms with Gasteiger partial charge in [-0.2, -0.15) is 0 Å². The van der Waals surface area contributed by atoms with Crippen LogP contribution < -0.4 is 5.32 Å². The van der Waals surface area contributed by atoms with Gasteiger partial charge in [-0.05, 0) is 58.2 Å². The molecule has 1 unspecified atom stereocenters. The maximum absolute atomic E-state index is 12.8. The van der Waals surface area contributed by atoms with E-state index in [1.165, 1.54) is 11.1 Å². The second kappa shape index (κ2) is 7.89. The van der Waals surface area contributed by atoms with Gasteiger partial charge in [0.05, 0.1) is 12.1 Å². The number of hydrogen-bond donors (Lipinski definition) is 1. The molecule has 1 saturated heterocycles. The minimum Gasteiger partial charge on any atom is -0.444 e. The van der Waals surface area contributed by atoms with Gasteiger partial charge >= 0.3 is 6.09 Å². The van der Waals surface area contributed by atoms with Crippen LogP contribution >= 0.6 is 0 Å². The monoisotopic (exact) mass is 373 g/mol. The quantitative estimate of drug-likeness (QED) is 0.885. The number of benzene rings is 1. The summed E-state index contributed by atoms with van der Waals surface area (Å²) in [5.41, 5.74) is 2.02. The van der Waals surface area contributed by atoms with Crippen molar-refractivity contribution in [2.75, 3.05) is 20.1 Å². The molecule has 0 saturated carbocycles. The zero-order chi connectivity index (χ0) is 19.6. The molecule has 27 heavy (non-hydrogen) atoms. The smallest absolute Gasteiger partial charge is 0.410 e. The lowest BCUT2D eigenvalue weighted by Gasteiger charge is -2.34. The molecule has 6 heteroatoms. The number of ether oxygens (including phenoxy) is 1. The highest BCUT2D eigenvalue weighted by atomic mass is 16.6. The number of carbonyl (C=O) groups excluding carboxylic acids is 2. The molecule has 0 bridgehead atoms. The molecule has 2 heterocycles. The Morgan fingerprint density at radius 1 is 1.22 bits per heavy atom. The number of likely N-dealkylation sites (N-methyl/N-ethyl adjacent to an activating group) is 1. The van der Waals surface area contributed by atoms with Crippen molar-refractivity contribution in [2.24, 2.45) is 0 Å². The van der Waals surface area contributed by atoms with Gasteiger partial charge in [-0.15, -0.1) is 0 Å². The minimum atomic E-state index is -0.508. The van der Waals surface area contributed by atoms with Crippen LogP contribution in [0.4, 0.5) is 4.79 Å². The molecule has 0 aliphatic carbocycles. The van der Waals surface area contributed by atoms with E-state index in [9.17, 15) is 9.59 Å². The SMILES string of the molecule is CN1Cc2ccccc2CC1C(=O)NC[C@@H]1CCCN1C(=O)OC(C)(C)C. The molecule has 148 valence electrons. The van der Waals surface area contributed by atoms with E-state index >= 15 is 0 Å². The van der Waals surface area contributed by atoms with E-state index in [2.05, 4.69) is 22.3 Å². The van der Waals surface area contributed by atoms with Crippen molar-refractivity contribution in [3.05, 3.63) is 35.4 Å². The van der Waals surface area contributed by atoms with Crippen LogP contribution in [0, 0.1) is 0 Å². The number of nitrogens with zero attached hydrogens (tertiary/aromatic N) is 2. The number of hydrogen-bond acceptors (Lipinski definition) is 4. The van der Waals surface area contributed by atoms with Gasteiger partial charge in [-0.1, -0.05) is 24.3 Å². The number of likely N-dealkylation sites (tertiary alicyclic amines) is 1. The summed E-state index contributed by atoms with van der Waals surface area (Å²) in [6, 6.07) is 8.12. The first-order valence-corrected chi connectivity index (χ1v) is 9.79. The van der Waals surface area contributed by atoms with Crippen molar-refractivity contribution in [3.63, 3.8) is 0 Å². The van der Waals surface area contributed by atoms with Crippen LogP contribution in [-0.2, 0) is 22.5 Å². The summed E-state index contributed by atoms with van der Waals surface area (Å²) in [5.74, 6) is 0.0306. The predicted molar refractivity (Wildman–Crippen MR) is 104 cm³/mol. The maximum atomic E-state index is 12.8. The molecule has 3 rings (SSSR count). The topological polar surface area (TPSA) is 61.9 Å². The maximum Gasteiger partial charge on any atom is 0.410 e. The third-order valence-corrected chi connectivity index (χ3v) is 5.30. The number of rotatable bonds is 3. The third-order valence-electron chi connectivity index (χ3n) is 5.30. The van der Waals surface area contributed by atoms with Crippen LogP contribution in [0.25, 0.3) is 0 Å². The summed E-state index contributed by atoms with van der Waals surface area (Å²) < 4.78 is 5.50. The van der Waals surface area contributed by atoms with Gasteiger partial charge in [0.1, 0.15) is 5.60 Å². The zero-order valence-electron chi connectivity index (χ0n) is 16.8. The lowest BCUT2D eigenvalue weighted by atomic mass is 9.94. The summed E-state index contributed by atoms with van der Waals surface area (Å²) in [5, 5.41) is 3.07. The second-order valence-corrected chi connectivity index (χ2v) is 8.62. The Hall–Kier alpha value is -2.08. The lowest BCUT2D eigenvalue weighted by molar-refractivity contribution is -0.126. The lowest BCUT2D eigenvalue weighted by Crippen LogP contribution is -2.51. The van der Waals surface area contributed by atoms with Gasteiger partial charge in [0, 0.05) is 19.6 Å². The van der Waals surface area contributed by atoms with Crippen molar-refractivity contribution >= 4 is 12.0 Å². The van der Waals surface area contributed by atoms with Gasteiger partial charge in [0.15, 0.2) is 0 Å². The fourth-order valence-electron chi connectivity index (χ4n) is 3.89. The van der Waals surface area contributed by atoms with Crippen LogP contribution in [0.1, 0.15) is 44.7 Å². The first kappa shape index (κ1) is 19.7. The largest absolute Gasteiger partial charge is 0.444 e. The number of nitrogens with one attached hydrogen (secondary N) is 1. The van der Waals surface area contributed by atoms with Gasteiger partial charge < -0.3 is 15.0 Å². The van der Waals surface area contributed by atoms with Crippen LogP contribution in [0.5, 0.6) is 0 Å². The van der Waals surface area contributed by atoms with E-state index in [0.29, 0.717) is 13.1 Å². The Morgan fingerprint density at radius 2 is 1.93 bits per heavy atom. The normalized spacial score (nSPS) is 23.0. The average Bonchev–Trinajstić information content (AvgIpc) is 3.06. The zero-order valence-corrected chi connectivity index (χ0v) is 16.8. The Bertz CT molecular complexity index is 698. The summed E-state index contributed by atoms with van der Waals surface area (Å²) in [7, 11) is 1.99. The van der Waals surface area contributed by atoms with Crippen molar-refractivity contribution in [2.45, 2.75) is 64.3 Å². The van der Waals surface area contributed by atoms with E-state index < -0.39 is 5.60 Å². The van der Waals surface area contributed by atoms with E-state index in [1.54, 1.807) is 4.90 Å². The summed E-state index contributed by atoms with van der Waals surface area (Å²) in [6.07, 6.45) is 2.26. The average molecular weight is 373 g/mol. The molecule has 2 aliphatic rings. The second-order valence-electron chi connectivity index (χ2n) is 8.62. The highest BCUT2D eigenvalue weighted by Gasteiger charge is 2.34. The van der Waals surface area contributed by atoms with Crippen LogP contribution in [0.2, 0.25) is 0 Å². The Kier molecular flexibility index (Phi) is 5.75. The number of fused-ring (bicyclic) bond motifs is 1. The number of carbonyl (C=O) groups is 2. The molecule has 1 fully saturated rings.